The van der Waals surface area contributed by atoms with Gasteiger partial charge in [-0.25, -0.2) is 0 Å². The summed E-state index contributed by atoms with van der Waals surface area (Å²) in [6.45, 7) is 0. The summed E-state index contributed by atoms with van der Waals surface area (Å²) in [4.78, 5) is 12.4. The molecule has 3 aromatic rings. The number of carbonyl (C=O) groups excluding carboxylic acids is 1. The summed E-state index contributed by atoms with van der Waals surface area (Å²) < 4.78 is 40.1. The van der Waals surface area contributed by atoms with Crippen LogP contribution in [0.25, 0.3) is 5.57 Å². The minimum Gasteiger partial charge on any atom is -0.289 e. The third-order valence-corrected chi connectivity index (χ3v) is 3.96. The number of ketones is 1. The van der Waals surface area contributed by atoms with Crippen LogP contribution in [-0.2, 0) is 0 Å². The van der Waals surface area contributed by atoms with E-state index in [0.717, 1.165) is 5.56 Å². The van der Waals surface area contributed by atoms with E-state index in [4.69, 9.17) is 0 Å². The molecule has 28 heavy (non-hydrogen) atoms. The first kappa shape index (κ1) is 19.2. The van der Waals surface area contributed by atoms with Crippen molar-refractivity contribution in [2.75, 3.05) is 0 Å². The van der Waals surface area contributed by atoms with E-state index >= 15 is 0 Å². The fourth-order valence-corrected chi connectivity index (χ4v) is 2.54. The Bertz CT molecular complexity index is 1040. The number of hydrogen-bond acceptors (Lipinski definition) is 1. The first-order valence-electron chi connectivity index (χ1n) is 8.49. The Morgan fingerprint density at radius 3 is 1.71 bits per heavy atom. The van der Waals surface area contributed by atoms with E-state index in [1.165, 1.54) is 36.4 Å². The molecule has 0 aromatic heterocycles. The van der Waals surface area contributed by atoms with Crippen molar-refractivity contribution in [2.24, 2.45) is 0 Å². The summed E-state index contributed by atoms with van der Waals surface area (Å²) >= 11 is 0. The van der Waals surface area contributed by atoms with Crippen LogP contribution in [0.5, 0.6) is 0 Å². The molecule has 0 N–H and O–H groups in total. The van der Waals surface area contributed by atoms with Crippen LogP contribution in [0.2, 0.25) is 0 Å². The Morgan fingerprint density at radius 2 is 1.18 bits per heavy atom. The Balaban J connectivity index is 1.84. The molecule has 0 heterocycles. The molecule has 0 fully saturated rings. The van der Waals surface area contributed by atoms with E-state index in [2.05, 4.69) is 11.8 Å². The van der Waals surface area contributed by atoms with Gasteiger partial charge in [0, 0.05) is 16.7 Å². The molecule has 0 aliphatic carbocycles. The SMILES string of the molecule is O=C(/C=C(\c1ccccc1)C(F)(F)F)c1ccc(C#Cc2ccccc2)cc1. The monoisotopic (exact) mass is 376 g/mol. The molecule has 0 aliphatic rings. The summed E-state index contributed by atoms with van der Waals surface area (Å²) in [7, 11) is 0. The number of halogens is 3. The molecule has 0 saturated carbocycles. The van der Waals surface area contributed by atoms with Gasteiger partial charge in [0.1, 0.15) is 0 Å². The van der Waals surface area contributed by atoms with Crippen LogP contribution in [0, 0.1) is 11.8 Å². The highest BCUT2D eigenvalue weighted by Gasteiger charge is 2.35. The Labute approximate surface area is 161 Å². The topological polar surface area (TPSA) is 17.1 Å². The predicted octanol–water partition coefficient (Wildman–Crippen LogP) is 5.92. The lowest BCUT2D eigenvalue weighted by molar-refractivity contribution is -0.0689. The van der Waals surface area contributed by atoms with Crippen LogP contribution in [-0.4, -0.2) is 12.0 Å². The van der Waals surface area contributed by atoms with Crippen LogP contribution in [0.4, 0.5) is 13.2 Å². The van der Waals surface area contributed by atoms with Gasteiger partial charge in [-0.2, -0.15) is 13.2 Å². The Morgan fingerprint density at radius 1 is 0.679 bits per heavy atom. The van der Waals surface area contributed by atoms with Gasteiger partial charge in [-0.15, -0.1) is 0 Å². The second kappa shape index (κ2) is 8.41. The smallest absolute Gasteiger partial charge is 0.289 e. The van der Waals surface area contributed by atoms with Crippen molar-refractivity contribution >= 4 is 11.4 Å². The number of hydrogen-bond donors (Lipinski definition) is 0. The lowest BCUT2D eigenvalue weighted by Gasteiger charge is -2.11. The summed E-state index contributed by atoms with van der Waals surface area (Å²) in [6, 6.07) is 22.9. The third-order valence-electron chi connectivity index (χ3n) is 3.96. The highest BCUT2D eigenvalue weighted by atomic mass is 19.4. The van der Waals surface area contributed by atoms with Gasteiger partial charge in [0.15, 0.2) is 5.78 Å². The molecule has 3 rings (SSSR count). The van der Waals surface area contributed by atoms with Gasteiger partial charge in [0.05, 0.1) is 5.57 Å². The number of alkyl halides is 3. The molecule has 0 aliphatic heterocycles. The van der Waals surface area contributed by atoms with E-state index in [1.54, 1.807) is 18.2 Å². The largest absolute Gasteiger partial charge is 0.417 e. The van der Waals surface area contributed by atoms with Crippen molar-refractivity contribution in [3.05, 3.63) is 113 Å². The maximum Gasteiger partial charge on any atom is 0.417 e. The van der Waals surface area contributed by atoms with Crippen molar-refractivity contribution in [3.63, 3.8) is 0 Å². The summed E-state index contributed by atoms with van der Waals surface area (Å²) in [5.74, 6) is 5.24. The third kappa shape index (κ3) is 4.99. The van der Waals surface area contributed by atoms with Gasteiger partial charge in [-0.1, -0.05) is 60.4 Å². The molecule has 0 radical (unpaired) electrons. The Kier molecular flexibility index (Phi) is 5.76. The molecule has 0 atom stereocenters. The van der Waals surface area contributed by atoms with Crippen molar-refractivity contribution in [1.82, 2.24) is 0 Å². The lowest BCUT2D eigenvalue weighted by Crippen LogP contribution is -2.12. The molecule has 138 valence electrons. The number of allylic oxidation sites excluding steroid dienone is 2. The normalized spacial score (nSPS) is 11.5. The van der Waals surface area contributed by atoms with Gasteiger partial charge < -0.3 is 0 Å². The minimum atomic E-state index is -4.63. The molecule has 1 nitrogen and oxygen atoms in total. The van der Waals surface area contributed by atoms with E-state index in [0.29, 0.717) is 11.6 Å². The standard InChI is InChI=1S/C24H15F3O/c25-24(26,27)22(20-9-5-2-6-10-20)17-23(28)21-15-13-19(14-16-21)12-11-18-7-3-1-4-8-18/h1-10,13-17H/b22-17+. The summed E-state index contributed by atoms with van der Waals surface area (Å²) in [5, 5.41) is 0. The predicted molar refractivity (Wildman–Crippen MR) is 104 cm³/mol. The van der Waals surface area contributed by atoms with Crippen LogP contribution in [0.15, 0.2) is 91.0 Å². The molecule has 0 saturated heterocycles. The zero-order chi connectivity index (χ0) is 20.0. The molecular weight excluding hydrogens is 361 g/mol. The van der Waals surface area contributed by atoms with E-state index in [9.17, 15) is 18.0 Å². The zero-order valence-corrected chi connectivity index (χ0v) is 14.7. The number of benzene rings is 3. The van der Waals surface area contributed by atoms with Crippen molar-refractivity contribution < 1.29 is 18.0 Å². The minimum absolute atomic E-state index is 0.0475. The highest BCUT2D eigenvalue weighted by molar-refractivity contribution is 6.09. The first-order valence-corrected chi connectivity index (χ1v) is 8.49. The lowest BCUT2D eigenvalue weighted by atomic mass is 10.0. The van der Waals surface area contributed by atoms with Crippen LogP contribution in [0.3, 0.4) is 0 Å². The van der Waals surface area contributed by atoms with Gasteiger partial charge in [0.2, 0.25) is 0 Å². The van der Waals surface area contributed by atoms with Gasteiger partial charge in [0.25, 0.3) is 0 Å². The van der Waals surface area contributed by atoms with E-state index < -0.39 is 17.5 Å². The summed E-state index contributed by atoms with van der Waals surface area (Å²) in [6.07, 6.45) is -3.99. The second-order valence-electron chi connectivity index (χ2n) is 5.98. The molecule has 3 aromatic carbocycles. The number of rotatable bonds is 3. The van der Waals surface area contributed by atoms with Gasteiger partial charge >= 0.3 is 6.18 Å². The second-order valence-corrected chi connectivity index (χ2v) is 5.98. The molecule has 0 unspecified atom stereocenters. The van der Waals surface area contributed by atoms with E-state index in [1.807, 2.05) is 30.3 Å². The zero-order valence-electron chi connectivity index (χ0n) is 14.7. The van der Waals surface area contributed by atoms with Crippen molar-refractivity contribution in [3.8, 4) is 11.8 Å². The number of carbonyl (C=O) groups is 1. The highest BCUT2D eigenvalue weighted by Crippen LogP contribution is 2.34. The Hall–Kier alpha value is -3.58. The average molecular weight is 376 g/mol. The summed E-state index contributed by atoms with van der Waals surface area (Å²) in [5.41, 5.74) is 0.675. The maximum absolute atomic E-state index is 13.4. The van der Waals surface area contributed by atoms with Gasteiger partial charge in [-0.3, -0.25) is 4.79 Å². The molecule has 0 bridgehead atoms. The van der Waals surface area contributed by atoms with Crippen molar-refractivity contribution in [1.29, 1.82) is 0 Å². The molecule has 0 amide bonds. The van der Waals surface area contributed by atoms with Crippen LogP contribution < -0.4 is 0 Å². The van der Waals surface area contributed by atoms with Crippen LogP contribution in [0.1, 0.15) is 27.0 Å². The first-order chi connectivity index (χ1) is 13.4. The fraction of sp³-hybridized carbons (Fsp3) is 0.0417. The quantitative estimate of drug-likeness (QED) is 0.315. The van der Waals surface area contributed by atoms with Crippen LogP contribution >= 0.6 is 0 Å². The maximum atomic E-state index is 13.4. The average Bonchev–Trinajstić information content (AvgIpc) is 2.71. The van der Waals surface area contributed by atoms with E-state index in [-0.39, 0.29) is 11.1 Å². The fourth-order valence-electron chi connectivity index (χ4n) is 2.54. The van der Waals surface area contributed by atoms with Gasteiger partial charge in [-0.05, 0) is 48.0 Å². The van der Waals surface area contributed by atoms with Crippen molar-refractivity contribution in [2.45, 2.75) is 6.18 Å². The molecule has 0 spiro atoms. The molecular formula is C24H15F3O. The molecule has 4 heteroatoms.